The fourth-order valence-electron chi connectivity index (χ4n) is 4.00. The van der Waals surface area contributed by atoms with Crippen LogP contribution in [0.5, 0.6) is 0 Å². The maximum atomic E-state index is 12.5. The van der Waals surface area contributed by atoms with Crippen molar-refractivity contribution in [2.75, 3.05) is 16.8 Å². The van der Waals surface area contributed by atoms with Crippen LogP contribution in [0, 0.1) is 17.3 Å². The molecule has 3 N–H and O–H groups in total. The standard InChI is InChI=1S/C18H23N3O3/c1-10(22)13-9-14(18(13,2)3)16(23)20-12-4-5-15-11(8-12)6-7-21(15)17(19)24/h4-5,8,13-14H,6-7,9H2,1-3H3,(H2,19,24)(H,20,23)/t13-,14+/m0/s1. The van der Waals surface area contributed by atoms with E-state index in [9.17, 15) is 14.4 Å². The van der Waals surface area contributed by atoms with Gasteiger partial charge in [0.25, 0.3) is 0 Å². The second kappa shape index (κ2) is 5.61. The fraction of sp³-hybridized carbons (Fsp3) is 0.500. The Balaban J connectivity index is 1.71. The molecule has 1 heterocycles. The zero-order chi connectivity index (χ0) is 17.6. The number of benzene rings is 1. The predicted molar refractivity (Wildman–Crippen MR) is 91.8 cm³/mol. The highest BCUT2D eigenvalue weighted by molar-refractivity contribution is 5.97. The number of nitrogens with zero attached hydrogens (tertiary/aromatic N) is 1. The monoisotopic (exact) mass is 329 g/mol. The number of amides is 3. The third-order valence-electron chi connectivity index (χ3n) is 5.58. The molecule has 0 spiro atoms. The van der Waals surface area contributed by atoms with E-state index in [4.69, 9.17) is 5.73 Å². The van der Waals surface area contributed by atoms with Crippen molar-refractivity contribution >= 4 is 29.1 Å². The van der Waals surface area contributed by atoms with Crippen LogP contribution >= 0.6 is 0 Å². The largest absolute Gasteiger partial charge is 0.351 e. The molecule has 2 aliphatic rings. The van der Waals surface area contributed by atoms with E-state index in [0.717, 1.165) is 17.7 Å². The van der Waals surface area contributed by atoms with Crippen LogP contribution in [0.2, 0.25) is 0 Å². The number of nitrogens with two attached hydrogens (primary N) is 1. The van der Waals surface area contributed by atoms with Gasteiger partial charge in [-0.2, -0.15) is 0 Å². The predicted octanol–water partition coefficient (Wildman–Crippen LogP) is 2.32. The van der Waals surface area contributed by atoms with Gasteiger partial charge in [0.15, 0.2) is 0 Å². The van der Waals surface area contributed by atoms with Crippen molar-refractivity contribution in [1.82, 2.24) is 0 Å². The summed E-state index contributed by atoms with van der Waals surface area (Å²) in [6.07, 6.45) is 1.33. The molecule has 3 amide bonds. The molecule has 1 aromatic rings. The van der Waals surface area contributed by atoms with E-state index in [0.29, 0.717) is 18.7 Å². The van der Waals surface area contributed by atoms with E-state index >= 15 is 0 Å². The molecule has 6 heteroatoms. The SMILES string of the molecule is CC(=O)[C@@H]1C[C@H](C(=O)Nc2ccc3c(c2)CCN3C(N)=O)C1(C)C. The van der Waals surface area contributed by atoms with E-state index in [1.165, 1.54) is 4.90 Å². The number of urea groups is 1. The summed E-state index contributed by atoms with van der Waals surface area (Å²) in [7, 11) is 0. The molecular weight excluding hydrogens is 306 g/mol. The van der Waals surface area contributed by atoms with Gasteiger partial charge in [-0.1, -0.05) is 13.8 Å². The van der Waals surface area contributed by atoms with Gasteiger partial charge < -0.3 is 11.1 Å². The Hall–Kier alpha value is -2.37. The van der Waals surface area contributed by atoms with Gasteiger partial charge in [-0.3, -0.25) is 14.5 Å². The summed E-state index contributed by atoms with van der Waals surface area (Å²) in [5.74, 6) is -0.116. The minimum atomic E-state index is -0.461. The average molecular weight is 329 g/mol. The maximum Gasteiger partial charge on any atom is 0.319 e. The van der Waals surface area contributed by atoms with Crippen molar-refractivity contribution in [3.63, 3.8) is 0 Å². The third kappa shape index (κ3) is 2.56. The first-order valence-corrected chi connectivity index (χ1v) is 8.23. The Morgan fingerprint density at radius 1 is 1.25 bits per heavy atom. The summed E-state index contributed by atoms with van der Waals surface area (Å²) < 4.78 is 0. The van der Waals surface area contributed by atoms with E-state index < -0.39 is 6.03 Å². The van der Waals surface area contributed by atoms with Gasteiger partial charge in [0.05, 0.1) is 0 Å². The van der Waals surface area contributed by atoms with Gasteiger partial charge in [0, 0.05) is 29.8 Å². The van der Waals surface area contributed by atoms with E-state index in [-0.39, 0.29) is 28.9 Å². The lowest BCUT2D eigenvalue weighted by Crippen LogP contribution is -2.53. The van der Waals surface area contributed by atoms with E-state index in [2.05, 4.69) is 5.32 Å². The molecule has 3 rings (SSSR count). The highest BCUT2D eigenvalue weighted by Gasteiger charge is 2.53. The van der Waals surface area contributed by atoms with Gasteiger partial charge in [0.1, 0.15) is 5.78 Å². The molecule has 0 aromatic heterocycles. The summed E-state index contributed by atoms with van der Waals surface area (Å²) in [4.78, 5) is 37.1. The van der Waals surface area contributed by atoms with Gasteiger partial charge in [0.2, 0.25) is 5.91 Å². The Morgan fingerprint density at radius 3 is 2.54 bits per heavy atom. The summed E-state index contributed by atoms with van der Waals surface area (Å²) in [5.41, 5.74) is 7.57. The molecule has 0 radical (unpaired) electrons. The van der Waals surface area contributed by atoms with Gasteiger partial charge in [-0.05, 0) is 48.9 Å². The van der Waals surface area contributed by atoms with Crippen molar-refractivity contribution in [3.8, 4) is 0 Å². The lowest BCUT2D eigenvalue weighted by Gasteiger charge is -2.49. The number of anilines is 2. The number of hydrogen-bond acceptors (Lipinski definition) is 3. The molecule has 1 fully saturated rings. The minimum Gasteiger partial charge on any atom is -0.351 e. The average Bonchev–Trinajstić information content (AvgIpc) is 2.88. The first-order valence-electron chi connectivity index (χ1n) is 8.23. The number of carbonyl (C=O) groups excluding carboxylic acids is 3. The lowest BCUT2D eigenvalue weighted by molar-refractivity contribution is -0.145. The molecular formula is C18H23N3O3. The first-order chi connectivity index (χ1) is 11.2. The van der Waals surface area contributed by atoms with Crippen molar-refractivity contribution in [1.29, 1.82) is 0 Å². The Bertz CT molecular complexity index is 726. The second-order valence-electron chi connectivity index (χ2n) is 7.35. The molecule has 0 saturated heterocycles. The Morgan fingerprint density at radius 2 is 1.96 bits per heavy atom. The molecule has 24 heavy (non-hydrogen) atoms. The van der Waals surface area contributed by atoms with Gasteiger partial charge in [-0.15, -0.1) is 0 Å². The summed E-state index contributed by atoms with van der Waals surface area (Å²) >= 11 is 0. The summed E-state index contributed by atoms with van der Waals surface area (Å²) in [6.45, 7) is 6.10. The molecule has 1 aliphatic heterocycles. The molecule has 1 aliphatic carbocycles. The zero-order valence-corrected chi connectivity index (χ0v) is 14.3. The number of rotatable bonds is 3. The van der Waals surface area contributed by atoms with Crippen LogP contribution in [0.15, 0.2) is 18.2 Å². The molecule has 128 valence electrons. The number of nitrogens with one attached hydrogen (secondary N) is 1. The number of ketones is 1. The van der Waals surface area contributed by atoms with Crippen LogP contribution in [0.4, 0.5) is 16.2 Å². The van der Waals surface area contributed by atoms with Crippen molar-refractivity contribution < 1.29 is 14.4 Å². The van der Waals surface area contributed by atoms with Crippen LogP contribution in [-0.2, 0) is 16.0 Å². The minimum absolute atomic E-state index is 0.0441. The smallest absolute Gasteiger partial charge is 0.319 e. The van der Waals surface area contributed by atoms with Crippen molar-refractivity contribution in [2.24, 2.45) is 23.0 Å². The first kappa shape index (κ1) is 16.5. The molecule has 0 unspecified atom stereocenters. The van der Waals surface area contributed by atoms with E-state index in [1.807, 2.05) is 26.0 Å². The highest BCUT2D eigenvalue weighted by atomic mass is 16.2. The van der Waals surface area contributed by atoms with Crippen LogP contribution in [-0.4, -0.2) is 24.3 Å². The van der Waals surface area contributed by atoms with Crippen LogP contribution in [0.1, 0.15) is 32.8 Å². The summed E-state index contributed by atoms with van der Waals surface area (Å²) in [5, 5.41) is 2.95. The number of Topliss-reactive ketones (excluding diaryl/α,β-unsaturated/α-hetero) is 1. The summed E-state index contributed by atoms with van der Waals surface area (Å²) in [6, 6.07) is 5.03. The quantitative estimate of drug-likeness (QED) is 0.891. The molecule has 1 aromatic carbocycles. The van der Waals surface area contributed by atoms with Gasteiger partial charge in [-0.25, -0.2) is 4.79 Å². The van der Waals surface area contributed by atoms with Gasteiger partial charge >= 0.3 is 6.03 Å². The topological polar surface area (TPSA) is 92.5 Å². The molecule has 2 atom stereocenters. The number of primary amides is 1. The number of fused-ring (bicyclic) bond motifs is 1. The molecule has 1 saturated carbocycles. The Labute approximate surface area is 141 Å². The normalized spacial score (nSPS) is 24.0. The van der Waals surface area contributed by atoms with Crippen molar-refractivity contribution in [3.05, 3.63) is 23.8 Å². The van der Waals surface area contributed by atoms with Crippen molar-refractivity contribution in [2.45, 2.75) is 33.6 Å². The zero-order valence-electron chi connectivity index (χ0n) is 14.3. The highest BCUT2D eigenvalue weighted by Crippen LogP contribution is 2.52. The number of hydrogen-bond donors (Lipinski definition) is 2. The third-order valence-corrected chi connectivity index (χ3v) is 5.58. The molecule has 6 nitrogen and oxygen atoms in total. The lowest BCUT2D eigenvalue weighted by atomic mass is 9.53. The number of carbonyl (C=O) groups is 3. The molecule has 0 bridgehead atoms. The fourth-order valence-corrected chi connectivity index (χ4v) is 4.00. The van der Waals surface area contributed by atoms with E-state index in [1.54, 1.807) is 13.0 Å². The van der Waals surface area contributed by atoms with Crippen LogP contribution in [0.3, 0.4) is 0 Å². The van der Waals surface area contributed by atoms with Crippen LogP contribution in [0.25, 0.3) is 0 Å². The van der Waals surface area contributed by atoms with Crippen LogP contribution < -0.4 is 16.0 Å². The second-order valence-corrected chi connectivity index (χ2v) is 7.35. The maximum absolute atomic E-state index is 12.5. The Kier molecular flexibility index (Phi) is 3.86.